The molecule has 0 spiro atoms. The van der Waals surface area contributed by atoms with E-state index in [-0.39, 0.29) is 23.9 Å². The third kappa shape index (κ3) is 3.10. The third-order valence-electron chi connectivity index (χ3n) is 6.10. The first kappa shape index (κ1) is 17.1. The van der Waals surface area contributed by atoms with Crippen LogP contribution in [0, 0.1) is 23.7 Å². The quantitative estimate of drug-likeness (QED) is 0.808. The first-order chi connectivity index (χ1) is 9.38. The van der Waals surface area contributed by atoms with Crippen molar-refractivity contribution in [1.29, 1.82) is 0 Å². The Hall–Kier alpha value is -0.280. The van der Waals surface area contributed by atoms with Crippen molar-refractivity contribution in [2.75, 3.05) is 6.54 Å². The van der Waals surface area contributed by atoms with E-state index in [1.807, 2.05) is 0 Å². The number of fused-ring (bicyclic) bond motifs is 2. The number of halogens is 1. The highest BCUT2D eigenvalue weighted by atomic mass is 35.5. The van der Waals surface area contributed by atoms with E-state index in [9.17, 15) is 4.79 Å². The van der Waals surface area contributed by atoms with E-state index in [2.05, 4.69) is 25.7 Å². The summed E-state index contributed by atoms with van der Waals surface area (Å²) in [7, 11) is 0. The second-order valence-corrected chi connectivity index (χ2v) is 8.27. The highest BCUT2D eigenvalue weighted by Gasteiger charge is 2.46. The molecule has 3 fully saturated rings. The zero-order valence-electron chi connectivity index (χ0n) is 13.7. The Labute approximate surface area is 135 Å². The fourth-order valence-electron chi connectivity index (χ4n) is 5.19. The average molecular weight is 315 g/mol. The predicted octanol–water partition coefficient (Wildman–Crippen LogP) is 3.21. The van der Waals surface area contributed by atoms with Gasteiger partial charge in [-0.1, -0.05) is 13.3 Å². The molecule has 3 atom stereocenters. The zero-order chi connectivity index (χ0) is 14.5. The smallest absolute Gasteiger partial charge is 0.226 e. The van der Waals surface area contributed by atoms with E-state index in [0.717, 1.165) is 25.8 Å². The first-order valence-corrected chi connectivity index (χ1v) is 8.45. The Morgan fingerprint density at radius 2 is 1.76 bits per heavy atom. The minimum atomic E-state index is 0. The molecule has 0 aromatic rings. The van der Waals surface area contributed by atoms with Gasteiger partial charge in [0, 0.05) is 24.0 Å². The molecule has 0 radical (unpaired) electrons. The van der Waals surface area contributed by atoms with Crippen molar-refractivity contribution in [3.05, 3.63) is 0 Å². The first-order valence-electron chi connectivity index (χ1n) is 8.45. The van der Waals surface area contributed by atoms with Crippen LogP contribution < -0.4 is 5.73 Å². The van der Waals surface area contributed by atoms with E-state index >= 15 is 0 Å². The molecule has 2 N–H and O–H groups in total. The lowest BCUT2D eigenvalue weighted by molar-refractivity contribution is -0.142. The lowest BCUT2D eigenvalue weighted by Crippen LogP contribution is -2.52. The van der Waals surface area contributed by atoms with Crippen molar-refractivity contribution in [3.8, 4) is 0 Å². The van der Waals surface area contributed by atoms with Crippen LogP contribution in [0.2, 0.25) is 0 Å². The van der Waals surface area contributed by atoms with Crippen LogP contribution in [0.3, 0.4) is 0 Å². The summed E-state index contributed by atoms with van der Waals surface area (Å²) in [6.07, 6.45) is 7.01. The van der Waals surface area contributed by atoms with Crippen LogP contribution in [0.25, 0.3) is 0 Å². The summed E-state index contributed by atoms with van der Waals surface area (Å²) in [6, 6.07) is 0.360. The minimum Gasteiger partial charge on any atom is -0.337 e. The van der Waals surface area contributed by atoms with Gasteiger partial charge >= 0.3 is 0 Å². The highest BCUT2D eigenvalue weighted by Crippen LogP contribution is 2.44. The van der Waals surface area contributed by atoms with E-state index in [1.54, 1.807) is 0 Å². The third-order valence-corrected chi connectivity index (χ3v) is 6.10. The summed E-state index contributed by atoms with van der Waals surface area (Å²) in [5.74, 6) is 2.50. The van der Waals surface area contributed by atoms with E-state index in [1.165, 1.54) is 19.3 Å². The van der Waals surface area contributed by atoms with Crippen molar-refractivity contribution < 1.29 is 4.79 Å². The van der Waals surface area contributed by atoms with E-state index in [0.29, 0.717) is 29.7 Å². The molecule has 1 heterocycles. The molecular weight excluding hydrogens is 284 g/mol. The van der Waals surface area contributed by atoms with Crippen LogP contribution in [-0.4, -0.2) is 28.9 Å². The van der Waals surface area contributed by atoms with Gasteiger partial charge in [-0.25, -0.2) is 0 Å². The van der Waals surface area contributed by atoms with Crippen molar-refractivity contribution in [1.82, 2.24) is 4.90 Å². The largest absolute Gasteiger partial charge is 0.337 e. The summed E-state index contributed by atoms with van der Waals surface area (Å²) < 4.78 is 0. The maximum atomic E-state index is 13.0. The maximum Gasteiger partial charge on any atom is 0.226 e. The van der Waals surface area contributed by atoms with E-state index < -0.39 is 0 Å². The summed E-state index contributed by atoms with van der Waals surface area (Å²) in [5, 5.41) is 0. The zero-order valence-corrected chi connectivity index (χ0v) is 14.5. The SMILES string of the molecule is CC1CN(C(=O)C2CC3CCCC(C2)C3N)C(C)(C)C1.Cl. The monoisotopic (exact) mass is 314 g/mol. The van der Waals surface area contributed by atoms with Gasteiger partial charge in [0.25, 0.3) is 0 Å². The fraction of sp³-hybridized carbons (Fsp3) is 0.941. The van der Waals surface area contributed by atoms with Crippen LogP contribution in [0.4, 0.5) is 0 Å². The Balaban J connectivity index is 0.00000161. The maximum absolute atomic E-state index is 13.0. The van der Waals surface area contributed by atoms with Crippen molar-refractivity contribution in [2.45, 2.75) is 70.9 Å². The molecule has 1 amide bonds. The summed E-state index contributed by atoms with van der Waals surface area (Å²) >= 11 is 0. The highest BCUT2D eigenvalue weighted by molar-refractivity contribution is 5.85. The summed E-state index contributed by atoms with van der Waals surface area (Å²) in [5.41, 5.74) is 6.40. The molecule has 21 heavy (non-hydrogen) atoms. The minimum absolute atomic E-state index is 0. The number of nitrogens with two attached hydrogens (primary N) is 1. The molecule has 1 saturated heterocycles. The van der Waals surface area contributed by atoms with Gasteiger partial charge < -0.3 is 10.6 Å². The lowest BCUT2D eigenvalue weighted by atomic mass is 9.65. The molecule has 3 unspecified atom stereocenters. The van der Waals surface area contributed by atoms with Gasteiger partial charge in [0.1, 0.15) is 0 Å². The topological polar surface area (TPSA) is 46.3 Å². The van der Waals surface area contributed by atoms with Gasteiger partial charge in [-0.2, -0.15) is 0 Å². The van der Waals surface area contributed by atoms with Crippen molar-refractivity contribution in [2.24, 2.45) is 29.4 Å². The van der Waals surface area contributed by atoms with Crippen LogP contribution in [-0.2, 0) is 4.79 Å². The number of hydrogen-bond donors (Lipinski definition) is 1. The van der Waals surface area contributed by atoms with E-state index in [4.69, 9.17) is 5.73 Å². The van der Waals surface area contributed by atoms with Gasteiger partial charge in [-0.15, -0.1) is 12.4 Å². The molecule has 2 bridgehead atoms. The second-order valence-electron chi connectivity index (χ2n) is 8.27. The Kier molecular flexibility index (Phi) is 4.94. The molecule has 2 saturated carbocycles. The number of rotatable bonds is 1. The molecule has 1 aliphatic heterocycles. The van der Waals surface area contributed by atoms with Crippen LogP contribution >= 0.6 is 12.4 Å². The summed E-state index contributed by atoms with van der Waals surface area (Å²) in [4.78, 5) is 15.2. The molecule has 4 heteroatoms. The van der Waals surface area contributed by atoms with Gasteiger partial charge in [0.2, 0.25) is 5.91 Å². The lowest BCUT2D eigenvalue weighted by Gasteiger charge is -2.45. The van der Waals surface area contributed by atoms with Gasteiger partial charge in [-0.3, -0.25) is 4.79 Å². The average Bonchev–Trinajstić information content (AvgIpc) is 2.61. The predicted molar refractivity (Wildman–Crippen MR) is 88.4 cm³/mol. The number of carbonyl (C=O) groups excluding carboxylic acids is 1. The number of nitrogens with zero attached hydrogens (tertiary/aromatic N) is 1. The second kappa shape index (κ2) is 6.08. The molecule has 0 aromatic carbocycles. The number of carbonyl (C=O) groups is 1. The van der Waals surface area contributed by atoms with Crippen LogP contribution in [0.15, 0.2) is 0 Å². The molecule has 0 aromatic heterocycles. The molecule has 2 aliphatic carbocycles. The summed E-state index contributed by atoms with van der Waals surface area (Å²) in [6.45, 7) is 7.66. The van der Waals surface area contributed by atoms with Crippen molar-refractivity contribution in [3.63, 3.8) is 0 Å². The fourth-order valence-corrected chi connectivity index (χ4v) is 5.19. The Morgan fingerprint density at radius 1 is 1.19 bits per heavy atom. The van der Waals surface area contributed by atoms with Crippen LogP contribution in [0.1, 0.15) is 59.3 Å². The van der Waals surface area contributed by atoms with Gasteiger partial charge in [0.15, 0.2) is 0 Å². The number of hydrogen-bond acceptors (Lipinski definition) is 2. The van der Waals surface area contributed by atoms with Gasteiger partial charge in [-0.05, 0) is 63.7 Å². The molecule has 3 nitrogen and oxygen atoms in total. The Bertz CT molecular complexity index is 384. The van der Waals surface area contributed by atoms with Gasteiger partial charge in [0.05, 0.1) is 0 Å². The number of amides is 1. The molecule has 122 valence electrons. The molecule has 3 aliphatic rings. The Morgan fingerprint density at radius 3 is 2.24 bits per heavy atom. The molecule has 3 rings (SSSR count). The van der Waals surface area contributed by atoms with Crippen molar-refractivity contribution >= 4 is 18.3 Å². The standard InChI is InChI=1S/C17H30N2O.ClH/c1-11-9-17(2,3)19(10-11)16(20)14-7-12-5-4-6-13(8-14)15(12)18;/h11-15H,4-10,18H2,1-3H3;1H. The number of likely N-dealkylation sites (tertiary alicyclic amines) is 1. The normalized spacial score (nSPS) is 41.5. The van der Waals surface area contributed by atoms with Crippen LogP contribution in [0.5, 0.6) is 0 Å². The molecular formula is C17H31ClN2O.